The van der Waals surface area contributed by atoms with Crippen LogP contribution in [0, 0.1) is 6.92 Å². The highest BCUT2D eigenvalue weighted by Crippen LogP contribution is 2.25. The number of nitrogens with zero attached hydrogens (tertiary/aromatic N) is 4. The van der Waals surface area contributed by atoms with Gasteiger partial charge >= 0.3 is 5.97 Å². The Morgan fingerprint density at radius 1 is 1.27 bits per heavy atom. The fraction of sp³-hybridized carbons (Fsp3) is 0.321. The number of aromatic carboxylic acids is 1. The minimum atomic E-state index is -1.00. The van der Waals surface area contributed by atoms with Gasteiger partial charge < -0.3 is 19.9 Å². The van der Waals surface area contributed by atoms with E-state index in [-0.39, 0.29) is 5.56 Å². The second kappa shape index (κ2) is 12.3. The van der Waals surface area contributed by atoms with E-state index in [4.69, 9.17) is 14.5 Å². The highest BCUT2D eigenvalue weighted by atomic mass is 16.5. The molecule has 1 saturated heterocycles. The maximum absolute atomic E-state index is 12.1. The molecule has 37 heavy (non-hydrogen) atoms. The van der Waals surface area contributed by atoms with Crippen molar-refractivity contribution in [3.8, 4) is 5.75 Å². The highest BCUT2D eigenvalue weighted by molar-refractivity contribution is 6.03. The van der Waals surface area contributed by atoms with Crippen LogP contribution >= 0.6 is 0 Å². The van der Waals surface area contributed by atoms with E-state index >= 15 is 0 Å². The summed E-state index contributed by atoms with van der Waals surface area (Å²) in [6, 6.07) is 9.27. The van der Waals surface area contributed by atoms with Gasteiger partial charge in [0.1, 0.15) is 17.3 Å². The van der Waals surface area contributed by atoms with E-state index in [0.29, 0.717) is 47.1 Å². The summed E-state index contributed by atoms with van der Waals surface area (Å²) in [4.78, 5) is 19.1. The molecule has 0 spiro atoms. The Morgan fingerprint density at radius 3 is 2.70 bits per heavy atom. The Balaban J connectivity index is 1.54. The molecule has 2 N–H and O–H groups in total. The third-order valence-corrected chi connectivity index (χ3v) is 6.09. The number of pyridine rings is 1. The smallest absolute Gasteiger partial charge is 0.336 e. The van der Waals surface area contributed by atoms with Crippen LogP contribution in [0.15, 0.2) is 67.0 Å². The second-order valence-electron chi connectivity index (χ2n) is 8.73. The zero-order chi connectivity index (χ0) is 26.2. The number of ether oxygens (including phenoxy) is 2. The Hall–Kier alpha value is -3.95. The summed E-state index contributed by atoms with van der Waals surface area (Å²) < 4.78 is 13.0. The van der Waals surface area contributed by atoms with E-state index in [1.807, 2.05) is 56.3 Å². The van der Waals surface area contributed by atoms with Crippen LogP contribution in [-0.2, 0) is 11.3 Å². The molecule has 0 bridgehead atoms. The Labute approximate surface area is 216 Å². The van der Waals surface area contributed by atoms with Crippen molar-refractivity contribution in [2.75, 3.05) is 44.7 Å². The first kappa shape index (κ1) is 26.1. The van der Waals surface area contributed by atoms with Crippen LogP contribution in [0.4, 0.5) is 5.82 Å². The van der Waals surface area contributed by atoms with Gasteiger partial charge in [0.05, 0.1) is 36.4 Å². The maximum atomic E-state index is 12.1. The third-order valence-electron chi connectivity index (χ3n) is 6.09. The van der Waals surface area contributed by atoms with Crippen molar-refractivity contribution >= 4 is 22.8 Å². The zero-order valence-electron chi connectivity index (χ0n) is 21.3. The predicted octanol–water partition coefficient (Wildman–Crippen LogP) is 4.26. The van der Waals surface area contributed by atoms with E-state index in [9.17, 15) is 9.90 Å². The van der Waals surface area contributed by atoms with Gasteiger partial charge in [-0.05, 0) is 49.8 Å². The number of fused-ring (bicyclic) bond motifs is 1. The number of anilines is 1. The van der Waals surface area contributed by atoms with Crippen molar-refractivity contribution in [2.24, 2.45) is 0 Å². The molecule has 9 nitrogen and oxygen atoms in total. The molecule has 0 amide bonds. The van der Waals surface area contributed by atoms with Crippen molar-refractivity contribution in [2.45, 2.75) is 20.4 Å². The van der Waals surface area contributed by atoms with Gasteiger partial charge in [0, 0.05) is 26.2 Å². The molecule has 1 aliphatic heterocycles. The summed E-state index contributed by atoms with van der Waals surface area (Å²) in [7, 11) is 0. The van der Waals surface area contributed by atoms with E-state index in [1.165, 1.54) is 0 Å². The number of carboxylic acid groups (broad SMARTS) is 1. The van der Waals surface area contributed by atoms with Crippen molar-refractivity contribution in [3.63, 3.8) is 0 Å². The lowest BCUT2D eigenvalue weighted by Gasteiger charge is -2.26. The van der Waals surface area contributed by atoms with Crippen LogP contribution in [0.2, 0.25) is 0 Å². The first-order valence-corrected chi connectivity index (χ1v) is 12.4. The fourth-order valence-electron chi connectivity index (χ4n) is 4.20. The van der Waals surface area contributed by atoms with Gasteiger partial charge in [-0.25, -0.2) is 14.5 Å². The quantitative estimate of drug-likeness (QED) is 0.296. The molecule has 0 radical (unpaired) electrons. The fourth-order valence-corrected chi connectivity index (χ4v) is 4.20. The van der Waals surface area contributed by atoms with E-state index < -0.39 is 5.97 Å². The third kappa shape index (κ3) is 6.63. The first-order chi connectivity index (χ1) is 18.0. The lowest BCUT2D eigenvalue weighted by Crippen LogP contribution is -2.39. The molecule has 9 heteroatoms. The Bertz CT molecular complexity index is 1300. The van der Waals surface area contributed by atoms with Crippen LogP contribution < -0.4 is 10.1 Å². The first-order valence-electron chi connectivity index (χ1n) is 12.4. The van der Waals surface area contributed by atoms with Gasteiger partial charge in [-0.1, -0.05) is 30.9 Å². The molecule has 3 heterocycles. The molecule has 0 atom stereocenters. The number of aryl methyl sites for hydroxylation is 1. The van der Waals surface area contributed by atoms with Gasteiger partial charge in [0.25, 0.3) is 0 Å². The molecular weight excluding hydrogens is 470 g/mol. The molecule has 0 saturated carbocycles. The largest absolute Gasteiger partial charge is 0.478 e. The van der Waals surface area contributed by atoms with Crippen molar-refractivity contribution in [3.05, 3.63) is 83.8 Å². The van der Waals surface area contributed by atoms with E-state index in [1.54, 1.807) is 16.8 Å². The van der Waals surface area contributed by atoms with Crippen LogP contribution in [0.25, 0.3) is 11.0 Å². The molecular formula is C28H33N5O4. The molecule has 0 unspecified atom stereocenters. The monoisotopic (exact) mass is 503 g/mol. The van der Waals surface area contributed by atoms with Gasteiger partial charge in [0.15, 0.2) is 5.65 Å². The number of hydrogen-bond acceptors (Lipinski definition) is 7. The number of rotatable bonds is 11. The highest BCUT2D eigenvalue weighted by Gasteiger charge is 2.19. The van der Waals surface area contributed by atoms with Crippen molar-refractivity contribution < 1.29 is 19.4 Å². The Kier molecular flexibility index (Phi) is 8.71. The van der Waals surface area contributed by atoms with Crippen LogP contribution in [0.1, 0.15) is 28.5 Å². The summed E-state index contributed by atoms with van der Waals surface area (Å²) in [5.74, 6) is 0.863. The number of benzene rings is 1. The van der Waals surface area contributed by atoms with Crippen molar-refractivity contribution in [1.82, 2.24) is 19.7 Å². The number of aromatic nitrogens is 3. The number of carbonyl (C=O) groups is 1. The number of allylic oxidation sites excluding steroid dienone is 4. The second-order valence-corrected chi connectivity index (χ2v) is 8.73. The average Bonchev–Trinajstić information content (AvgIpc) is 3.22. The topological polar surface area (TPSA) is 102 Å². The lowest BCUT2D eigenvalue weighted by atomic mass is 10.1. The normalized spacial score (nSPS) is 14.8. The van der Waals surface area contributed by atoms with E-state index in [0.717, 1.165) is 38.4 Å². The number of nitrogens with one attached hydrogen (secondary N) is 1. The SMILES string of the molecule is C=C/C(=C\C=C/C)Oc1ccc(Cn2nc(C)c3c(C(=O)O)cc(NCCN4CCOCC4)nc32)cc1. The molecule has 194 valence electrons. The van der Waals surface area contributed by atoms with Gasteiger partial charge in [-0.15, -0.1) is 0 Å². The van der Waals surface area contributed by atoms with Gasteiger partial charge in [-0.3, -0.25) is 4.90 Å². The van der Waals surface area contributed by atoms with Gasteiger partial charge in [-0.2, -0.15) is 5.10 Å². The average molecular weight is 504 g/mol. The molecule has 1 fully saturated rings. The molecule has 3 aromatic rings. The van der Waals surface area contributed by atoms with Crippen LogP contribution in [0.5, 0.6) is 5.75 Å². The molecule has 1 aliphatic rings. The molecule has 1 aromatic carbocycles. The number of carboxylic acids is 1. The summed E-state index contributed by atoms with van der Waals surface area (Å²) in [6.45, 7) is 12.7. The van der Waals surface area contributed by atoms with Gasteiger partial charge in [0.2, 0.25) is 0 Å². The summed E-state index contributed by atoms with van der Waals surface area (Å²) in [5, 5.41) is 18.4. The minimum absolute atomic E-state index is 0.191. The van der Waals surface area contributed by atoms with Crippen LogP contribution in [-0.4, -0.2) is 70.1 Å². The summed E-state index contributed by atoms with van der Waals surface area (Å²) in [5.41, 5.74) is 2.34. The number of hydrogen-bond donors (Lipinski definition) is 2. The predicted molar refractivity (Wildman–Crippen MR) is 144 cm³/mol. The molecule has 2 aromatic heterocycles. The van der Waals surface area contributed by atoms with Crippen molar-refractivity contribution in [1.29, 1.82) is 0 Å². The van der Waals surface area contributed by atoms with Crippen LogP contribution in [0.3, 0.4) is 0 Å². The number of morpholine rings is 1. The molecule has 4 rings (SSSR count). The van der Waals surface area contributed by atoms with E-state index in [2.05, 4.69) is 21.9 Å². The standard InChI is InChI=1S/C28H33N5O4/c1-4-6-7-22(5-2)37-23-10-8-21(9-11-23)19-33-27-26(20(3)31-33)24(28(34)35)18-25(30-27)29-12-13-32-14-16-36-17-15-32/h4-11,18H,2,12-17,19H2,1,3H3,(H,29,30)(H,34,35)/b6-4-,22-7+. The summed E-state index contributed by atoms with van der Waals surface area (Å²) >= 11 is 0. The Morgan fingerprint density at radius 2 is 2.03 bits per heavy atom. The summed E-state index contributed by atoms with van der Waals surface area (Å²) in [6.07, 6.45) is 7.31. The minimum Gasteiger partial charge on any atom is -0.478 e. The maximum Gasteiger partial charge on any atom is 0.336 e. The molecule has 0 aliphatic carbocycles. The zero-order valence-corrected chi connectivity index (χ0v) is 21.3. The lowest BCUT2D eigenvalue weighted by molar-refractivity contribution is 0.0398.